The number of aliphatic imine (C=N–C) groups is 1. The molecule has 0 aromatic carbocycles. The van der Waals surface area contributed by atoms with E-state index in [0.717, 1.165) is 0 Å². The smallest absolute Gasteiger partial charge is 0.247 e. The molecular formula is C9H22N2O. The van der Waals surface area contributed by atoms with Gasteiger partial charge in [-0.15, -0.1) is 0 Å². The van der Waals surface area contributed by atoms with Gasteiger partial charge in [0.25, 0.3) is 0 Å². The zero-order valence-electron chi connectivity index (χ0n) is 9.14. The Labute approximate surface area is 76.1 Å². The molecule has 1 amide bonds. The second-order valence-electron chi connectivity index (χ2n) is 1.50. The maximum atomic E-state index is 10.4. The average Bonchev–Trinajstić information content (AvgIpc) is 2.10. The first-order valence-electron chi connectivity index (χ1n) is 4.50. The fourth-order valence-corrected chi connectivity index (χ4v) is 0.276. The number of amidine groups is 1. The van der Waals surface area contributed by atoms with Crippen molar-refractivity contribution in [1.29, 1.82) is 0 Å². The van der Waals surface area contributed by atoms with Crippen molar-refractivity contribution in [1.82, 2.24) is 0 Å². The van der Waals surface area contributed by atoms with Crippen LogP contribution in [0, 0.1) is 0 Å². The second-order valence-corrected chi connectivity index (χ2v) is 1.50. The van der Waals surface area contributed by atoms with Crippen LogP contribution in [0.1, 0.15) is 48.0 Å². The highest BCUT2D eigenvalue weighted by Gasteiger charge is 1.89. The monoisotopic (exact) mass is 174 g/mol. The van der Waals surface area contributed by atoms with Gasteiger partial charge in [-0.1, -0.05) is 34.6 Å². The van der Waals surface area contributed by atoms with E-state index in [4.69, 9.17) is 5.73 Å². The number of amides is 1. The Kier molecular flexibility index (Phi) is 23.9. The molecule has 0 aliphatic heterocycles. The van der Waals surface area contributed by atoms with E-state index in [0.29, 0.717) is 12.3 Å². The van der Waals surface area contributed by atoms with Gasteiger partial charge in [-0.05, 0) is 6.92 Å². The summed E-state index contributed by atoms with van der Waals surface area (Å²) in [5, 5.41) is 0. The molecule has 0 spiro atoms. The highest BCUT2D eigenvalue weighted by atomic mass is 16.1. The minimum Gasteiger partial charge on any atom is -0.387 e. The van der Waals surface area contributed by atoms with Gasteiger partial charge in [0.2, 0.25) is 5.91 Å². The van der Waals surface area contributed by atoms with E-state index < -0.39 is 0 Å². The number of nitrogens with zero attached hydrogens (tertiary/aromatic N) is 1. The maximum absolute atomic E-state index is 10.4. The Morgan fingerprint density at radius 3 is 1.67 bits per heavy atom. The van der Waals surface area contributed by atoms with Gasteiger partial charge in [-0.3, -0.25) is 4.79 Å². The Bertz CT molecular complexity index is 116. The summed E-state index contributed by atoms with van der Waals surface area (Å²) in [6.45, 7) is 11.3. The lowest BCUT2D eigenvalue weighted by Gasteiger charge is -1.85. The molecule has 0 heterocycles. The number of rotatable bonds is 1. The second kappa shape index (κ2) is 16.6. The predicted octanol–water partition coefficient (Wildman–Crippen LogP) is 2.35. The Morgan fingerprint density at radius 2 is 1.58 bits per heavy atom. The van der Waals surface area contributed by atoms with E-state index in [1.165, 1.54) is 0 Å². The van der Waals surface area contributed by atoms with E-state index in [1.807, 2.05) is 27.7 Å². The lowest BCUT2D eigenvalue weighted by Crippen LogP contribution is -2.08. The molecule has 0 saturated carbocycles. The molecule has 3 heteroatoms. The molecule has 0 saturated heterocycles. The quantitative estimate of drug-likeness (QED) is 0.490. The van der Waals surface area contributed by atoms with Crippen molar-refractivity contribution >= 4 is 11.7 Å². The predicted molar refractivity (Wildman–Crippen MR) is 55.3 cm³/mol. The van der Waals surface area contributed by atoms with Crippen LogP contribution in [0.4, 0.5) is 0 Å². The SMILES string of the molecule is CC.CC.CCC(=O)N=C(C)N. The van der Waals surface area contributed by atoms with Crippen LogP contribution in [-0.4, -0.2) is 11.7 Å². The van der Waals surface area contributed by atoms with Crippen molar-refractivity contribution in [3.8, 4) is 0 Å². The van der Waals surface area contributed by atoms with Crippen LogP contribution >= 0.6 is 0 Å². The summed E-state index contributed by atoms with van der Waals surface area (Å²) in [5.41, 5.74) is 5.10. The molecule has 0 unspecified atom stereocenters. The van der Waals surface area contributed by atoms with Crippen LogP contribution in [0.15, 0.2) is 4.99 Å². The first-order valence-corrected chi connectivity index (χ1v) is 4.50. The summed E-state index contributed by atoms with van der Waals surface area (Å²) in [4.78, 5) is 13.8. The number of nitrogens with two attached hydrogens (primary N) is 1. The maximum Gasteiger partial charge on any atom is 0.247 e. The summed E-state index contributed by atoms with van der Waals surface area (Å²) in [7, 11) is 0. The molecule has 0 aliphatic rings. The van der Waals surface area contributed by atoms with Gasteiger partial charge in [-0.25, -0.2) is 4.99 Å². The highest BCUT2D eigenvalue weighted by Crippen LogP contribution is 1.80. The lowest BCUT2D eigenvalue weighted by atomic mass is 10.5. The largest absolute Gasteiger partial charge is 0.387 e. The number of carbonyl (C=O) groups is 1. The molecule has 0 aliphatic carbocycles. The fraction of sp³-hybridized carbons (Fsp3) is 0.778. The van der Waals surface area contributed by atoms with Crippen molar-refractivity contribution in [3.63, 3.8) is 0 Å². The van der Waals surface area contributed by atoms with Gasteiger partial charge in [-0.2, -0.15) is 0 Å². The molecule has 0 bridgehead atoms. The van der Waals surface area contributed by atoms with Gasteiger partial charge in [0.15, 0.2) is 0 Å². The molecule has 0 aromatic heterocycles. The van der Waals surface area contributed by atoms with Gasteiger partial charge in [0.05, 0.1) is 5.84 Å². The van der Waals surface area contributed by atoms with Crippen molar-refractivity contribution in [2.24, 2.45) is 10.7 Å². The number of hydrogen-bond acceptors (Lipinski definition) is 1. The zero-order chi connectivity index (χ0) is 10.6. The normalized spacial score (nSPS) is 8.67. The molecule has 12 heavy (non-hydrogen) atoms. The zero-order valence-corrected chi connectivity index (χ0v) is 9.14. The lowest BCUT2D eigenvalue weighted by molar-refractivity contribution is -0.117. The van der Waals surface area contributed by atoms with Gasteiger partial charge < -0.3 is 5.73 Å². The third-order valence-electron chi connectivity index (χ3n) is 0.604. The van der Waals surface area contributed by atoms with Crippen LogP contribution in [0.3, 0.4) is 0 Å². The highest BCUT2D eigenvalue weighted by molar-refractivity contribution is 5.91. The first-order chi connectivity index (χ1) is 5.66. The third kappa shape index (κ3) is 22.9. The molecule has 0 atom stereocenters. The van der Waals surface area contributed by atoms with E-state index in [1.54, 1.807) is 13.8 Å². The van der Waals surface area contributed by atoms with Crippen molar-refractivity contribution in [2.75, 3.05) is 0 Å². The summed E-state index contributed by atoms with van der Waals surface area (Å²) in [5.74, 6) is 0.168. The molecule has 0 fully saturated rings. The van der Waals surface area contributed by atoms with E-state index in [2.05, 4.69) is 4.99 Å². The van der Waals surface area contributed by atoms with E-state index in [9.17, 15) is 4.79 Å². The number of hydrogen-bond donors (Lipinski definition) is 1. The molecule has 3 nitrogen and oxygen atoms in total. The van der Waals surface area contributed by atoms with Gasteiger partial charge >= 0.3 is 0 Å². The van der Waals surface area contributed by atoms with Crippen LogP contribution in [-0.2, 0) is 4.79 Å². The van der Waals surface area contributed by atoms with Crippen molar-refractivity contribution < 1.29 is 4.79 Å². The molecule has 0 radical (unpaired) electrons. The Balaban J connectivity index is -0.000000175. The van der Waals surface area contributed by atoms with Crippen molar-refractivity contribution in [3.05, 3.63) is 0 Å². The Morgan fingerprint density at radius 1 is 1.25 bits per heavy atom. The van der Waals surface area contributed by atoms with Crippen LogP contribution in [0.25, 0.3) is 0 Å². The summed E-state index contributed by atoms with van der Waals surface area (Å²) < 4.78 is 0. The summed E-state index contributed by atoms with van der Waals surface area (Å²) >= 11 is 0. The third-order valence-corrected chi connectivity index (χ3v) is 0.604. The molecular weight excluding hydrogens is 152 g/mol. The molecule has 0 rings (SSSR count). The fourth-order valence-electron chi connectivity index (χ4n) is 0.276. The van der Waals surface area contributed by atoms with E-state index in [-0.39, 0.29) is 5.91 Å². The topological polar surface area (TPSA) is 55.5 Å². The standard InChI is InChI=1S/C5H10N2O.2C2H6/c1-3-5(8)7-4(2)6;2*1-2/h3H2,1-2H3,(H2,6,7,8);2*1-2H3. The molecule has 2 N–H and O–H groups in total. The molecule has 74 valence electrons. The minimum atomic E-state index is -0.162. The van der Waals surface area contributed by atoms with E-state index >= 15 is 0 Å². The summed E-state index contributed by atoms with van der Waals surface area (Å²) in [6, 6.07) is 0. The van der Waals surface area contributed by atoms with Gasteiger partial charge in [0, 0.05) is 6.42 Å². The van der Waals surface area contributed by atoms with Crippen LogP contribution in [0.2, 0.25) is 0 Å². The molecule has 0 aromatic rings. The average molecular weight is 174 g/mol. The van der Waals surface area contributed by atoms with Crippen LogP contribution < -0.4 is 5.73 Å². The van der Waals surface area contributed by atoms with Gasteiger partial charge in [0.1, 0.15) is 0 Å². The number of carbonyl (C=O) groups excluding carboxylic acids is 1. The summed E-state index contributed by atoms with van der Waals surface area (Å²) in [6.07, 6.45) is 0.425. The minimum absolute atomic E-state index is 0.162. The first kappa shape index (κ1) is 17.3. The Hall–Kier alpha value is -0.860. The van der Waals surface area contributed by atoms with Crippen LogP contribution in [0.5, 0.6) is 0 Å². The van der Waals surface area contributed by atoms with Crippen molar-refractivity contribution in [2.45, 2.75) is 48.0 Å².